The molecular weight excluding hydrogens is 354 g/mol. The number of nitro groups is 1. The van der Waals surface area contributed by atoms with Crippen molar-refractivity contribution >= 4 is 28.1 Å². The summed E-state index contributed by atoms with van der Waals surface area (Å²) in [5, 5.41) is 11.1. The maximum atomic E-state index is 12.5. The van der Waals surface area contributed by atoms with Crippen molar-refractivity contribution in [2.24, 2.45) is 0 Å². The summed E-state index contributed by atoms with van der Waals surface area (Å²) in [4.78, 5) is 26.9. The number of carbonyl (C=O) groups excluding carboxylic acids is 1. The number of nitro benzene ring substituents is 1. The van der Waals surface area contributed by atoms with Crippen molar-refractivity contribution in [2.75, 3.05) is 36.8 Å². The van der Waals surface area contributed by atoms with Crippen LogP contribution in [0.4, 0.5) is 11.4 Å². The monoisotopic (exact) mass is 373 g/mol. The molecule has 1 aliphatic heterocycles. The second-order valence-corrected chi connectivity index (χ2v) is 7.34. The predicted octanol–water partition coefficient (Wildman–Crippen LogP) is 2.05. The van der Waals surface area contributed by atoms with Crippen molar-refractivity contribution in [3.63, 3.8) is 0 Å². The summed E-state index contributed by atoms with van der Waals surface area (Å²) in [7, 11) is -1.74. The highest BCUT2D eigenvalue weighted by Crippen LogP contribution is 2.22. The second-order valence-electron chi connectivity index (χ2n) is 5.92. The number of amides is 1. The van der Waals surface area contributed by atoms with Crippen LogP contribution in [0.3, 0.4) is 0 Å². The van der Waals surface area contributed by atoms with Crippen LogP contribution in [0.15, 0.2) is 59.5 Å². The van der Waals surface area contributed by atoms with Gasteiger partial charge in [0.25, 0.3) is 5.69 Å². The summed E-state index contributed by atoms with van der Waals surface area (Å²) in [6, 6.07) is 15.8. The number of hydrogen-bond acceptors (Lipinski definition) is 5. The van der Waals surface area contributed by atoms with Gasteiger partial charge >= 0.3 is 0 Å². The Morgan fingerprint density at radius 2 is 1.62 bits per heavy atom. The zero-order valence-corrected chi connectivity index (χ0v) is 14.9. The number of rotatable bonds is 5. The third-order valence-electron chi connectivity index (χ3n) is 4.32. The van der Waals surface area contributed by atoms with E-state index in [4.69, 9.17) is 0 Å². The number of anilines is 1. The Morgan fingerprint density at radius 3 is 2.27 bits per heavy atom. The summed E-state index contributed by atoms with van der Waals surface area (Å²) >= 11 is 0. The molecule has 8 heteroatoms. The van der Waals surface area contributed by atoms with Gasteiger partial charge in [-0.25, -0.2) is 0 Å². The molecule has 0 bridgehead atoms. The molecule has 0 radical (unpaired) electrons. The molecule has 0 N–H and O–H groups in total. The molecule has 0 unspecified atom stereocenters. The van der Waals surface area contributed by atoms with E-state index in [1.165, 1.54) is 18.2 Å². The largest absolute Gasteiger partial charge is 0.368 e. The highest BCUT2D eigenvalue weighted by molar-refractivity contribution is 7.86. The topological polar surface area (TPSA) is 83.8 Å². The lowest BCUT2D eigenvalue weighted by Gasteiger charge is -2.36. The molecule has 1 heterocycles. The lowest BCUT2D eigenvalue weighted by atomic mass is 10.2. The molecular formula is C18H19N3O4S. The van der Waals surface area contributed by atoms with E-state index >= 15 is 0 Å². The first kappa shape index (κ1) is 18.1. The summed E-state index contributed by atoms with van der Waals surface area (Å²) in [6.07, 6.45) is 0. The average molecular weight is 373 g/mol. The maximum Gasteiger partial charge on any atom is 0.285 e. The van der Waals surface area contributed by atoms with Crippen molar-refractivity contribution in [1.29, 1.82) is 0 Å². The zero-order chi connectivity index (χ0) is 18.5. The van der Waals surface area contributed by atoms with Crippen LogP contribution in [-0.4, -0.2) is 51.9 Å². The van der Waals surface area contributed by atoms with Crippen LogP contribution in [0.2, 0.25) is 0 Å². The van der Waals surface area contributed by atoms with Crippen LogP contribution >= 0.6 is 0 Å². The molecule has 0 saturated carbocycles. The predicted molar refractivity (Wildman–Crippen MR) is 99.6 cm³/mol. The standard InChI is InChI=1S/C18H19N3O4S/c22-18(14-26(25)17-9-5-4-8-16(17)21(23)24)20-12-10-19(11-13-20)15-6-2-1-3-7-15/h1-9H,10-14H2/t26-/m1/s1. The quantitative estimate of drug-likeness (QED) is 0.592. The summed E-state index contributed by atoms with van der Waals surface area (Å²) in [5.41, 5.74) is 0.899. The van der Waals surface area contributed by atoms with Crippen LogP contribution < -0.4 is 4.90 Å². The van der Waals surface area contributed by atoms with E-state index < -0.39 is 15.7 Å². The molecule has 0 spiro atoms. The molecule has 1 amide bonds. The number of hydrogen-bond donors (Lipinski definition) is 0. The number of para-hydroxylation sites is 2. The summed E-state index contributed by atoms with van der Waals surface area (Å²) in [5.74, 6) is -0.481. The van der Waals surface area contributed by atoms with Crippen LogP contribution in [0.25, 0.3) is 0 Å². The van der Waals surface area contributed by atoms with Crippen LogP contribution in [-0.2, 0) is 15.6 Å². The smallest absolute Gasteiger partial charge is 0.285 e. The van der Waals surface area contributed by atoms with Gasteiger partial charge < -0.3 is 9.80 Å². The molecule has 1 fully saturated rings. The number of nitrogens with zero attached hydrogens (tertiary/aromatic N) is 3. The second kappa shape index (κ2) is 8.09. The Bertz CT molecular complexity index is 820. The molecule has 1 atom stereocenters. The maximum absolute atomic E-state index is 12.5. The van der Waals surface area contributed by atoms with Gasteiger partial charge in [0.2, 0.25) is 5.91 Å². The highest BCUT2D eigenvalue weighted by Gasteiger charge is 2.25. The molecule has 0 aromatic heterocycles. The normalized spacial score (nSPS) is 15.5. The van der Waals surface area contributed by atoms with E-state index in [1.807, 2.05) is 30.3 Å². The van der Waals surface area contributed by atoms with Gasteiger partial charge in [-0.05, 0) is 18.2 Å². The van der Waals surface area contributed by atoms with Crippen molar-refractivity contribution in [2.45, 2.75) is 4.90 Å². The van der Waals surface area contributed by atoms with Crippen molar-refractivity contribution in [3.05, 3.63) is 64.7 Å². The number of piperazine rings is 1. The minimum atomic E-state index is -1.74. The Kier molecular flexibility index (Phi) is 5.62. The molecule has 2 aromatic carbocycles. The molecule has 26 heavy (non-hydrogen) atoms. The van der Waals surface area contributed by atoms with Gasteiger partial charge in [0.05, 0.1) is 15.7 Å². The fourth-order valence-corrected chi connectivity index (χ4v) is 4.10. The number of carbonyl (C=O) groups is 1. The molecule has 136 valence electrons. The molecule has 2 aromatic rings. The van der Waals surface area contributed by atoms with Gasteiger partial charge in [-0.2, -0.15) is 0 Å². The average Bonchev–Trinajstić information content (AvgIpc) is 2.68. The van der Waals surface area contributed by atoms with Gasteiger partial charge in [-0.3, -0.25) is 19.1 Å². The third kappa shape index (κ3) is 4.08. The Morgan fingerprint density at radius 1 is 1.00 bits per heavy atom. The summed E-state index contributed by atoms with van der Waals surface area (Å²) < 4.78 is 12.5. The van der Waals surface area contributed by atoms with E-state index in [9.17, 15) is 19.1 Å². The van der Waals surface area contributed by atoms with Gasteiger partial charge in [0.1, 0.15) is 10.6 Å². The Hall–Kier alpha value is -2.74. The lowest BCUT2D eigenvalue weighted by Crippen LogP contribution is -2.49. The van der Waals surface area contributed by atoms with Crippen LogP contribution in [0.1, 0.15) is 0 Å². The molecule has 7 nitrogen and oxygen atoms in total. The van der Waals surface area contributed by atoms with Crippen LogP contribution in [0, 0.1) is 10.1 Å². The van der Waals surface area contributed by atoms with E-state index in [0.717, 1.165) is 5.69 Å². The highest BCUT2D eigenvalue weighted by atomic mass is 32.2. The fourth-order valence-electron chi connectivity index (χ4n) is 2.93. The minimum Gasteiger partial charge on any atom is -0.368 e. The van der Waals surface area contributed by atoms with Gasteiger partial charge in [0.15, 0.2) is 0 Å². The van der Waals surface area contributed by atoms with Crippen molar-refractivity contribution < 1.29 is 13.9 Å². The van der Waals surface area contributed by atoms with E-state index in [0.29, 0.717) is 26.2 Å². The van der Waals surface area contributed by atoms with E-state index in [2.05, 4.69) is 4.90 Å². The first-order valence-electron chi connectivity index (χ1n) is 8.26. The molecule has 1 aliphatic rings. The van der Waals surface area contributed by atoms with Crippen LogP contribution in [0.5, 0.6) is 0 Å². The van der Waals surface area contributed by atoms with Gasteiger partial charge in [-0.15, -0.1) is 0 Å². The third-order valence-corrected chi connectivity index (χ3v) is 5.66. The first-order valence-corrected chi connectivity index (χ1v) is 9.57. The Labute approximate surface area is 153 Å². The molecule has 1 saturated heterocycles. The SMILES string of the molecule is O=C(C[S@@](=O)c1ccccc1[N+](=O)[O-])N1CCN(c2ccccc2)CC1. The van der Waals surface area contributed by atoms with Crippen molar-refractivity contribution in [3.8, 4) is 0 Å². The van der Waals surface area contributed by atoms with E-state index in [1.54, 1.807) is 11.0 Å². The van der Waals surface area contributed by atoms with Gasteiger partial charge in [-0.1, -0.05) is 30.3 Å². The summed E-state index contributed by atoms with van der Waals surface area (Å²) in [6.45, 7) is 2.49. The molecule has 3 rings (SSSR count). The number of benzene rings is 2. The lowest BCUT2D eigenvalue weighted by molar-refractivity contribution is -0.387. The van der Waals surface area contributed by atoms with E-state index in [-0.39, 0.29) is 22.2 Å². The Balaban J connectivity index is 1.60. The van der Waals surface area contributed by atoms with Crippen molar-refractivity contribution in [1.82, 2.24) is 4.90 Å². The zero-order valence-electron chi connectivity index (χ0n) is 14.1. The first-order chi connectivity index (χ1) is 12.6. The molecule has 0 aliphatic carbocycles. The fraction of sp³-hybridized carbons (Fsp3) is 0.278. The van der Waals surface area contributed by atoms with Gasteiger partial charge in [0, 0.05) is 37.9 Å². The minimum absolute atomic E-state index is 0.0915.